The predicted molar refractivity (Wildman–Crippen MR) is 123 cm³/mol. The minimum Gasteiger partial charge on any atom is -0.459 e. The van der Waals surface area contributed by atoms with Crippen LogP contribution in [0.15, 0.2) is 72.8 Å². The molecule has 164 valence electrons. The van der Waals surface area contributed by atoms with E-state index < -0.39 is 17.8 Å². The van der Waals surface area contributed by atoms with Crippen LogP contribution < -0.4 is 4.90 Å². The van der Waals surface area contributed by atoms with Gasteiger partial charge in [-0.3, -0.25) is 9.59 Å². The van der Waals surface area contributed by atoms with Crippen molar-refractivity contribution in [3.63, 3.8) is 0 Å². The Morgan fingerprint density at radius 1 is 0.727 bits per heavy atom. The summed E-state index contributed by atoms with van der Waals surface area (Å²) in [5.41, 5.74) is 5.03. The molecule has 3 aliphatic carbocycles. The standard InChI is InChI=1S/C28H23NO4/c1-15(2)33-28(32)20-13-7-8-14-21(20)29-26(30)24-22-16-9-3-4-10-17(16)23(25(24)27(29)31)19-12-6-5-11-18(19)22/h3-15,22-25H,1-2H3/t22?,23?,24-,25-/m0/s1. The Kier molecular flexibility index (Phi) is 4.31. The van der Waals surface area contributed by atoms with Crippen molar-refractivity contribution < 1.29 is 19.1 Å². The average Bonchev–Trinajstić information content (AvgIpc) is 3.09. The molecular formula is C28H23NO4. The van der Waals surface area contributed by atoms with Crippen molar-refractivity contribution >= 4 is 23.5 Å². The van der Waals surface area contributed by atoms with Gasteiger partial charge in [0.1, 0.15) is 0 Å². The first-order chi connectivity index (χ1) is 16.0. The van der Waals surface area contributed by atoms with Crippen LogP contribution in [0.5, 0.6) is 0 Å². The highest BCUT2D eigenvalue weighted by Crippen LogP contribution is 2.61. The molecule has 33 heavy (non-hydrogen) atoms. The maximum Gasteiger partial charge on any atom is 0.340 e. The van der Waals surface area contributed by atoms with Crippen LogP contribution in [0.25, 0.3) is 0 Å². The number of benzene rings is 3. The number of amides is 2. The molecule has 0 saturated carbocycles. The van der Waals surface area contributed by atoms with Gasteiger partial charge in [0.25, 0.3) is 0 Å². The Hall–Kier alpha value is -3.73. The Morgan fingerprint density at radius 2 is 1.15 bits per heavy atom. The molecule has 0 N–H and O–H groups in total. The fraction of sp³-hybridized carbons (Fsp3) is 0.250. The molecule has 1 saturated heterocycles. The van der Waals surface area contributed by atoms with Gasteiger partial charge < -0.3 is 4.74 Å². The highest BCUT2D eigenvalue weighted by atomic mass is 16.5. The maximum atomic E-state index is 13.9. The zero-order chi connectivity index (χ0) is 22.9. The molecule has 0 unspecified atom stereocenters. The second-order valence-corrected chi connectivity index (χ2v) is 9.25. The lowest BCUT2D eigenvalue weighted by molar-refractivity contribution is -0.122. The Balaban J connectivity index is 1.50. The van der Waals surface area contributed by atoms with Crippen LogP contribution in [0, 0.1) is 11.8 Å². The highest BCUT2D eigenvalue weighted by molar-refractivity contribution is 6.25. The molecular weight excluding hydrogens is 414 g/mol. The summed E-state index contributed by atoms with van der Waals surface area (Å²) in [5.74, 6) is -2.34. The number of rotatable bonds is 3. The Labute approximate surface area is 192 Å². The van der Waals surface area contributed by atoms with Crippen LogP contribution in [-0.2, 0) is 14.3 Å². The van der Waals surface area contributed by atoms with Crippen molar-refractivity contribution in [2.24, 2.45) is 11.8 Å². The molecule has 0 radical (unpaired) electrons. The zero-order valence-electron chi connectivity index (χ0n) is 18.4. The number of para-hydroxylation sites is 1. The first-order valence-electron chi connectivity index (χ1n) is 11.3. The Bertz CT molecular complexity index is 1210. The second kappa shape index (κ2) is 7.14. The number of anilines is 1. The van der Waals surface area contributed by atoms with Gasteiger partial charge in [-0.1, -0.05) is 60.7 Å². The molecule has 2 atom stereocenters. The number of carbonyl (C=O) groups is 3. The Morgan fingerprint density at radius 3 is 1.61 bits per heavy atom. The molecule has 0 spiro atoms. The van der Waals surface area contributed by atoms with Crippen molar-refractivity contribution in [2.45, 2.75) is 31.8 Å². The molecule has 2 amide bonds. The molecule has 3 aromatic carbocycles. The lowest BCUT2D eigenvalue weighted by atomic mass is 9.55. The van der Waals surface area contributed by atoms with Crippen LogP contribution in [0.4, 0.5) is 5.69 Å². The van der Waals surface area contributed by atoms with Crippen LogP contribution >= 0.6 is 0 Å². The predicted octanol–water partition coefficient (Wildman–Crippen LogP) is 4.65. The number of imide groups is 1. The van der Waals surface area contributed by atoms with E-state index in [-0.39, 0.29) is 35.3 Å². The summed E-state index contributed by atoms with van der Waals surface area (Å²) >= 11 is 0. The maximum absolute atomic E-state index is 13.9. The molecule has 3 aromatic rings. The van der Waals surface area contributed by atoms with Crippen molar-refractivity contribution in [3.05, 3.63) is 101 Å². The molecule has 1 heterocycles. The summed E-state index contributed by atoms with van der Waals surface area (Å²) in [6.07, 6.45) is -0.307. The second-order valence-electron chi connectivity index (χ2n) is 9.25. The van der Waals surface area contributed by atoms with E-state index in [1.807, 2.05) is 24.3 Å². The third-order valence-electron chi connectivity index (χ3n) is 7.16. The first-order valence-corrected chi connectivity index (χ1v) is 11.3. The summed E-state index contributed by atoms with van der Waals surface area (Å²) in [5, 5.41) is 0. The molecule has 7 rings (SSSR count). The lowest BCUT2D eigenvalue weighted by Crippen LogP contribution is -2.41. The van der Waals surface area contributed by atoms with Gasteiger partial charge in [0.15, 0.2) is 0 Å². The third-order valence-corrected chi connectivity index (χ3v) is 7.16. The molecule has 2 bridgehead atoms. The van der Waals surface area contributed by atoms with Crippen LogP contribution in [0.2, 0.25) is 0 Å². The fourth-order valence-electron chi connectivity index (χ4n) is 6.03. The third kappa shape index (κ3) is 2.68. The van der Waals surface area contributed by atoms with Gasteiger partial charge in [0.2, 0.25) is 11.8 Å². The van der Waals surface area contributed by atoms with Crippen molar-refractivity contribution in [1.29, 1.82) is 0 Å². The summed E-state index contributed by atoms with van der Waals surface area (Å²) in [4.78, 5) is 41.8. The topological polar surface area (TPSA) is 63.7 Å². The lowest BCUT2D eigenvalue weighted by Gasteiger charge is -2.45. The monoisotopic (exact) mass is 437 g/mol. The molecule has 5 heteroatoms. The van der Waals surface area contributed by atoms with E-state index in [1.165, 1.54) is 4.90 Å². The number of esters is 1. The minimum absolute atomic E-state index is 0.177. The number of nitrogens with zero attached hydrogens (tertiary/aromatic N) is 1. The number of carbonyl (C=O) groups excluding carboxylic acids is 3. The quantitative estimate of drug-likeness (QED) is 0.442. The summed E-state index contributed by atoms with van der Waals surface area (Å²) in [6.45, 7) is 3.54. The SMILES string of the molecule is CC(C)OC(=O)c1ccccc1N1C(=O)[C@H]2C3c4ccccc4C(c4ccccc43)[C@@H]2C1=O. The number of hydrogen-bond donors (Lipinski definition) is 0. The van der Waals surface area contributed by atoms with E-state index in [2.05, 4.69) is 24.3 Å². The van der Waals surface area contributed by atoms with E-state index >= 15 is 0 Å². The first kappa shape index (κ1) is 19.9. The van der Waals surface area contributed by atoms with Gasteiger partial charge in [-0.15, -0.1) is 0 Å². The fourth-order valence-corrected chi connectivity index (χ4v) is 6.03. The molecule has 0 aromatic heterocycles. The number of ether oxygens (including phenoxy) is 1. The smallest absolute Gasteiger partial charge is 0.340 e. The van der Waals surface area contributed by atoms with E-state index in [1.54, 1.807) is 38.1 Å². The van der Waals surface area contributed by atoms with Crippen molar-refractivity contribution in [2.75, 3.05) is 4.90 Å². The molecule has 1 fully saturated rings. The van der Waals surface area contributed by atoms with Gasteiger partial charge in [-0.25, -0.2) is 9.69 Å². The molecule has 5 nitrogen and oxygen atoms in total. The van der Waals surface area contributed by atoms with E-state index in [9.17, 15) is 14.4 Å². The van der Waals surface area contributed by atoms with Gasteiger partial charge in [-0.05, 0) is 48.2 Å². The van der Waals surface area contributed by atoms with Crippen molar-refractivity contribution in [3.8, 4) is 0 Å². The summed E-state index contributed by atoms with van der Waals surface area (Å²) < 4.78 is 5.39. The van der Waals surface area contributed by atoms with Crippen LogP contribution in [0.3, 0.4) is 0 Å². The largest absolute Gasteiger partial charge is 0.459 e. The number of hydrogen-bond acceptors (Lipinski definition) is 4. The van der Waals surface area contributed by atoms with Gasteiger partial charge in [-0.2, -0.15) is 0 Å². The van der Waals surface area contributed by atoms with E-state index in [0.717, 1.165) is 22.3 Å². The molecule has 4 aliphatic rings. The normalized spacial score (nSPS) is 24.5. The van der Waals surface area contributed by atoms with Gasteiger partial charge >= 0.3 is 5.97 Å². The minimum atomic E-state index is -0.536. The van der Waals surface area contributed by atoms with E-state index in [0.29, 0.717) is 5.69 Å². The van der Waals surface area contributed by atoms with Gasteiger partial charge in [0.05, 0.1) is 29.2 Å². The highest BCUT2D eigenvalue weighted by Gasteiger charge is 2.62. The summed E-state index contributed by atoms with van der Waals surface area (Å²) in [6, 6.07) is 23.0. The van der Waals surface area contributed by atoms with E-state index in [4.69, 9.17) is 4.74 Å². The average molecular weight is 437 g/mol. The molecule has 1 aliphatic heterocycles. The van der Waals surface area contributed by atoms with Crippen LogP contribution in [-0.4, -0.2) is 23.9 Å². The summed E-state index contributed by atoms with van der Waals surface area (Å²) in [7, 11) is 0. The zero-order valence-corrected chi connectivity index (χ0v) is 18.4. The van der Waals surface area contributed by atoms with Crippen LogP contribution in [0.1, 0.15) is 58.3 Å². The van der Waals surface area contributed by atoms with Crippen molar-refractivity contribution in [1.82, 2.24) is 0 Å². The van der Waals surface area contributed by atoms with Gasteiger partial charge in [0, 0.05) is 11.8 Å².